The Balaban J connectivity index is 1.27. The molecular weight excluding hydrogens is 372 g/mol. The van der Waals surface area contributed by atoms with Crippen LogP contribution in [0.1, 0.15) is 71.6 Å². The van der Waals surface area contributed by atoms with Crippen molar-refractivity contribution >= 4 is 9.84 Å². The zero-order chi connectivity index (χ0) is 20.3. The average Bonchev–Trinajstić information content (AvgIpc) is 2.94. The summed E-state index contributed by atoms with van der Waals surface area (Å²) in [6.07, 6.45) is 12.4. The molecule has 0 N–H and O–H groups in total. The maximum absolute atomic E-state index is 11.5. The Kier molecular flexibility index (Phi) is 6.76. The first-order valence-corrected chi connectivity index (χ1v) is 12.6. The molecule has 0 radical (unpaired) electrons. The van der Waals surface area contributed by atoms with Crippen molar-refractivity contribution in [2.24, 2.45) is 11.3 Å². The molecule has 0 atom stereocenters. The first kappa shape index (κ1) is 21.6. The van der Waals surface area contributed by atoms with Crippen molar-refractivity contribution in [3.8, 4) is 5.75 Å². The molecule has 1 aliphatic heterocycles. The van der Waals surface area contributed by atoms with Gasteiger partial charge in [0.25, 0.3) is 0 Å². The maximum atomic E-state index is 11.5. The van der Waals surface area contributed by atoms with Crippen molar-refractivity contribution in [3.63, 3.8) is 0 Å². The van der Waals surface area contributed by atoms with Gasteiger partial charge in [0.05, 0.1) is 23.7 Å². The van der Waals surface area contributed by atoms with E-state index in [9.17, 15) is 8.42 Å². The Bertz CT molecular complexity index is 728. The van der Waals surface area contributed by atoms with E-state index in [0.717, 1.165) is 24.7 Å². The molecule has 1 spiro atoms. The van der Waals surface area contributed by atoms with Crippen LogP contribution in [0.15, 0.2) is 29.2 Å². The lowest BCUT2D eigenvalue weighted by molar-refractivity contribution is -0.0365. The molecule has 1 aliphatic carbocycles. The Morgan fingerprint density at radius 3 is 2.32 bits per heavy atom. The van der Waals surface area contributed by atoms with Gasteiger partial charge in [0.2, 0.25) is 0 Å². The normalized spacial score (nSPS) is 27.2. The van der Waals surface area contributed by atoms with Crippen molar-refractivity contribution in [2.45, 2.75) is 82.1 Å². The molecule has 2 fully saturated rings. The largest absolute Gasteiger partial charge is 0.494 e. The summed E-state index contributed by atoms with van der Waals surface area (Å²) < 4.78 is 34.9. The van der Waals surface area contributed by atoms with E-state index in [4.69, 9.17) is 9.47 Å². The summed E-state index contributed by atoms with van der Waals surface area (Å²) in [6.45, 7) is 6.27. The molecule has 4 nitrogen and oxygen atoms in total. The first-order valence-electron chi connectivity index (χ1n) is 10.7. The third-order valence-electron chi connectivity index (χ3n) is 6.36. The number of rotatable bonds is 8. The average molecular weight is 409 g/mol. The molecule has 1 aromatic carbocycles. The quantitative estimate of drug-likeness (QED) is 0.540. The van der Waals surface area contributed by atoms with Crippen molar-refractivity contribution in [2.75, 3.05) is 19.5 Å². The van der Waals surface area contributed by atoms with E-state index >= 15 is 0 Å². The van der Waals surface area contributed by atoms with Gasteiger partial charge in [-0.05, 0) is 74.1 Å². The standard InChI is InChI=1S/C23H36O4S/c1-22(2)17-23(27-18-22)14-12-19(13-15-23)7-5-4-6-16-26-20-8-10-21(11-9-20)28(3,24)25/h8-11,19H,4-7,12-18H2,1-3H3. The molecular formula is C23H36O4S. The minimum Gasteiger partial charge on any atom is -0.494 e. The Morgan fingerprint density at radius 2 is 1.75 bits per heavy atom. The summed E-state index contributed by atoms with van der Waals surface area (Å²) in [7, 11) is -3.14. The molecule has 1 aromatic rings. The van der Waals surface area contributed by atoms with E-state index in [-0.39, 0.29) is 5.60 Å². The SMILES string of the molecule is CC1(C)COC2(CCC(CCCCCOc3ccc(S(C)(=O)=O)cc3)CC2)C1. The van der Waals surface area contributed by atoms with Crippen molar-refractivity contribution in [1.82, 2.24) is 0 Å². The molecule has 0 aromatic heterocycles. The topological polar surface area (TPSA) is 52.6 Å². The molecule has 5 heteroatoms. The minimum atomic E-state index is -3.14. The lowest BCUT2D eigenvalue weighted by Gasteiger charge is -2.37. The van der Waals surface area contributed by atoms with Crippen LogP contribution in [0.5, 0.6) is 5.75 Å². The molecule has 0 amide bonds. The number of hydrogen-bond acceptors (Lipinski definition) is 4. The Hall–Kier alpha value is -1.07. The fraction of sp³-hybridized carbons (Fsp3) is 0.739. The van der Waals surface area contributed by atoms with E-state index in [1.165, 1.54) is 57.6 Å². The molecule has 0 bridgehead atoms. The van der Waals surface area contributed by atoms with Gasteiger partial charge < -0.3 is 9.47 Å². The van der Waals surface area contributed by atoms with Crippen LogP contribution < -0.4 is 4.74 Å². The van der Waals surface area contributed by atoms with Crippen LogP contribution in [0.4, 0.5) is 0 Å². The molecule has 28 heavy (non-hydrogen) atoms. The minimum absolute atomic E-state index is 0.195. The number of sulfone groups is 1. The van der Waals surface area contributed by atoms with Gasteiger partial charge in [0.1, 0.15) is 5.75 Å². The Labute approximate surface area is 170 Å². The van der Waals surface area contributed by atoms with E-state index in [2.05, 4.69) is 13.8 Å². The van der Waals surface area contributed by atoms with Crippen LogP contribution in [-0.4, -0.2) is 33.5 Å². The second-order valence-corrected chi connectivity index (χ2v) is 11.7. The second kappa shape index (κ2) is 8.74. The highest BCUT2D eigenvalue weighted by molar-refractivity contribution is 7.90. The number of benzene rings is 1. The first-order chi connectivity index (χ1) is 13.2. The summed E-state index contributed by atoms with van der Waals surface area (Å²) in [5.74, 6) is 1.60. The zero-order valence-corrected chi connectivity index (χ0v) is 18.5. The molecule has 1 saturated carbocycles. The van der Waals surface area contributed by atoms with Crippen LogP contribution in [0, 0.1) is 11.3 Å². The summed E-state index contributed by atoms with van der Waals surface area (Å²) in [5.41, 5.74) is 0.554. The van der Waals surface area contributed by atoms with Gasteiger partial charge in [-0.3, -0.25) is 0 Å². The van der Waals surface area contributed by atoms with Crippen molar-refractivity contribution in [3.05, 3.63) is 24.3 Å². The predicted molar refractivity (Wildman–Crippen MR) is 113 cm³/mol. The summed E-state index contributed by atoms with van der Waals surface area (Å²) >= 11 is 0. The van der Waals surface area contributed by atoms with Crippen LogP contribution in [0.2, 0.25) is 0 Å². The lowest BCUT2D eigenvalue weighted by Crippen LogP contribution is -2.34. The molecule has 3 rings (SSSR count). The van der Waals surface area contributed by atoms with Gasteiger partial charge in [-0.1, -0.05) is 33.1 Å². The fourth-order valence-electron chi connectivity index (χ4n) is 4.82. The lowest BCUT2D eigenvalue weighted by atomic mass is 9.72. The van der Waals surface area contributed by atoms with Gasteiger partial charge in [0, 0.05) is 6.26 Å². The second-order valence-electron chi connectivity index (χ2n) is 9.70. The molecule has 2 aliphatic rings. The highest BCUT2D eigenvalue weighted by atomic mass is 32.2. The van der Waals surface area contributed by atoms with Crippen LogP contribution >= 0.6 is 0 Å². The van der Waals surface area contributed by atoms with Gasteiger partial charge in [0.15, 0.2) is 9.84 Å². The highest BCUT2D eigenvalue weighted by Crippen LogP contribution is 2.48. The highest BCUT2D eigenvalue weighted by Gasteiger charge is 2.45. The van der Waals surface area contributed by atoms with Gasteiger partial charge >= 0.3 is 0 Å². The molecule has 0 unspecified atom stereocenters. The zero-order valence-electron chi connectivity index (χ0n) is 17.7. The van der Waals surface area contributed by atoms with E-state index < -0.39 is 9.84 Å². The van der Waals surface area contributed by atoms with Crippen LogP contribution in [0.25, 0.3) is 0 Å². The van der Waals surface area contributed by atoms with Crippen LogP contribution in [0.3, 0.4) is 0 Å². The maximum Gasteiger partial charge on any atom is 0.175 e. The van der Waals surface area contributed by atoms with Crippen molar-refractivity contribution < 1.29 is 17.9 Å². The van der Waals surface area contributed by atoms with E-state index in [1.807, 2.05) is 0 Å². The summed E-state index contributed by atoms with van der Waals surface area (Å²) in [6, 6.07) is 6.69. The number of unbranched alkanes of at least 4 members (excludes halogenated alkanes) is 2. The summed E-state index contributed by atoms with van der Waals surface area (Å²) in [5, 5.41) is 0. The third kappa shape index (κ3) is 5.96. The van der Waals surface area contributed by atoms with Crippen LogP contribution in [-0.2, 0) is 14.6 Å². The molecule has 158 valence electrons. The third-order valence-corrected chi connectivity index (χ3v) is 7.49. The number of ether oxygens (including phenoxy) is 2. The monoisotopic (exact) mass is 408 g/mol. The van der Waals surface area contributed by atoms with E-state index in [0.29, 0.717) is 16.9 Å². The number of hydrogen-bond donors (Lipinski definition) is 0. The van der Waals surface area contributed by atoms with Crippen molar-refractivity contribution in [1.29, 1.82) is 0 Å². The predicted octanol–water partition coefficient (Wildman–Crippen LogP) is 5.40. The van der Waals surface area contributed by atoms with Gasteiger partial charge in [-0.15, -0.1) is 0 Å². The van der Waals surface area contributed by atoms with Gasteiger partial charge in [-0.2, -0.15) is 0 Å². The Morgan fingerprint density at radius 1 is 1.07 bits per heavy atom. The fourth-order valence-corrected chi connectivity index (χ4v) is 5.45. The van der Waals surface area contributed by atoms with E-state index in [1.54, 1.807) is 24.3 Å². The van der Waals surface area contributed by atoms with Gasteiger partial charge in [-0.25, -0.2) is 8.42 Å². The smallest absolute Gasteiger partial charge is 0.175 e. The molecule has 1 saturated heterocycles. The molecule has 1 heterocycles. The summed E-state index contributed by atoms with van der Waals surface area (Å²) in [4.78, 5) is 0.334.